The summed E-state index contributed by atoms with van der Waals surface area (Å²) >= 11 is 0. The molecule has 0 radical (unpaired) electrons. The van der Waals surface area contributed by atoms with Crippen LogP contribution in [0, 0.1) is 0 Å². The molecule has 3 nitrogen and oxygen atoms in total. The van der Waals surface area contributed by atoms with Gasteiger partial charge in [-0.15, -0.1) is 0 Å². The van der Waals surface area contributed by atoms with Crippen LogP contribution in [0.3, 0.4) is 0 Å². The van der Waals surface area contributed by atoms with Crippen molar-refractivity contribution in [1.29, 1.82) is 0 Å². The second-order valence-corrected chi connectivity index (χ2v) is 4.92. The number of anilines is 1. The Kier molecular flexibility index (Phi) is 5.63. The van der Waals surface area contributed by atoms with Crippen LogP contribution in [-0.2, 0) is 11.2 Å². The summed E-state index contributed by atoms with van der Waals surface area (Å²) in [6.07, 6.45) is 1.07. The minimum atomic E-state index is -0.163. The zero-order valence-corrected chi connectivity index (χ0v) is 12.1. The molecule has 0 amide bonds. The lowest BCUT2D eigenvalue weighted by Gasteiger charge is -2.39. The highest BCUT2D eigenvalue weighted by atomic mass is 16.5. The van der Waals surface area contributed by atoms with E-state index in [4.69, 9.17) is 10.5 Å². The van der Waals surface area contributed by atoms with Gasteiger partial charge in [-0.2, -0.15) is 0 Å². The van der Waals surface area contributed by atoms with E-state index in [-0.39, 0.29) is 5.54 Å². The van der Waals surface area contributed by atoms with Crippen LogP contribution in [0.4, 0.5) is 5.69 Å². The van der Waals surface area contributed by atoms with Crippen molar-refractivity contribution in [3.8, 4) is 0 Å². The molecule has 3 heteroatoms. The van der Waals surface area contributed by atoms with E-state index < -0.39 is 0 Å². The van der Waals surface area contributed by atoms with Crippen molar-refractivity contribution in [3.05, 3.63) is 29.8 Å². The highest BCUT2D eigenvalue weighted by Gasteiger charge is 2.28. The number of likely N-dealkylation sites (N-methyl/N-ethyl adjacent to an activating group) is 1. The van der Waals surface area contributed by atoms with Gasteiger partial charge in [-0.05, 0) is 38.0 Å². The fraction of sp³-hybridized carbons (Fsp3) is 0.600. The summed E-state index contributed by atoms with van der Waals surface area (Å²) in [4.78, 5) is 2.21. The van der Waals surface area contributed by atoms with Crippen LogP contribution in [0.5, 0.6) is 0 Å². The Balaban J connectivity index is 2.84. The van der Waals surface area contributed by atoms with Gasteiger partial charge in [0, 0.05) is 25.9 Å². The van der Waals surface area contributed by atoms with Crippen molar-refractivity contribution in [2.45, 2.75) is 32.7 Å². The van der Waals surface area contributed by atoms with E-state index >= 15 is 0 Å². The molecule has 1 atom stereocenters. The van der Waals surface area contributed by atoms with E-state index in [9.17, 15) is 0 Å². The summed E-state index contributed by atoms with van der Waals surface area (Å²) in [7, 11) is 2.08. The summed E-state index contributed by atoms with van der Waals surface area (Å²) < 4.78 is 5.56. The van der Waals surface area contributed by atoms with Crippen molar-refractivity contribution in [1.82, 2.24) is 0 Å². The summed E-state index contributed by atoms with van der Waals surface area (Å²) in [5.74, 6) is 0. The summed E-state index contributed by atoms with van der Waals surface area (Å²) in [5.41, 5.74) is 8.29. The van der Waals surface area contributed by atoms with Crippen molar-refractivity contribution >= 4 is 5.69 Å². The monoisotopic (exact) mass is 250 g/mol. The molecule has 1 rings (SSSR count). The van der Waals surface area contributed by atoms with E-state index in [2.05, 4.69) is 50.1 Å². The predicted molar refractivity (Wildman–Crippen MR) is 78.2 cm³/mol. The Morgan fingerprint density at radius 3 is 2.28 bits per heavy atom. The Morgan fingerprint density at radius 1 is 1.22 bits per heavy atom. The van der Waals surface area contributed by atoms with Gasteiger partial charge in [0.2, 0.25) is 0 Å². The van der Waals surface area contributed by atoms with E-state index in [1.165, 1.54) is 11.3 Å². The quantitative estimate of drug-likeness (QED) is 0.808. The smallest absolute Gasteiger partial charge is 0.0725 e. The lowest BCUT2D eigenvalue weighted by atomic mass is 10.0. The van der Waals surface area contributed by atoms with Crippen LogP contribution in [-0.4, -0.2) is 32.3 Å². The number of nitrogens with two attached hydrogens (primary N) is 1. The molecule has 1 unspecified atom stereocenters. The zero-order valence-electron chi connectivity index (χ0n) is 12.1. The Morgan fingerprint density at radius 2 is 1.83 bits per heavy atom. The number of rotatable bonds is 7. The van der Waals surface area contributed by atoms with E-state index in [1.807, 2.05) is 6.92 Å². The van der Waals surface area contributed by atoms with Crippen molar-refractivity contribution < 1.29 is 4.74 Å². The Bertz CT molecular complexity index is 350. The van der Waals surface area contributed by atoms with Crippen LogP contribution in [0.25, 0.3) is 0 Å². The average Bonchev–Trinajstić information content (AvgIpc) is 2.44. The minimum Gasteiger partial charge on any atom is -0.379 e. The molecule has 2 N–H and O–H groups in total. The van der Waals surface area contributed by atoms with Gasteiger partial charge in [0.05, 0.1) is 12.1 Å². The minimum absolute atomic E-state index is 0.163. The van der Waals surface area contributed by atoms with E-state index in [0.717, 1.165) is 13.0 Å². The SMILES string of the molecule is CCOCC(C)(CN)N(C)c1ccc(CC)cc1. The standard InChI is InChI=1S/C15H26N2O/c1-5-13-7-9-14(10-8-13)17(4)15(3,11-16)12-18-6-2/h7-10H,5-6,11-12,16H2,1-4H3. The van der Waals surface area contributed by atoms with Gasteiger partial charge < -0.3 is 15.4 Å². The second-order valence-electron chi connectivity index (χ2n) is 4.92. The molecular formula is C15H26N2O. The molecule has 0 saturated heterocycles. The molecule has 102 valence electrons. The number of hydrogen-bond donors (Lipinski definition) is 1. The second kappa shape index (κ2) is 6.76. The maximum atomic E-state index is 5.92. The molecule has 0 saturated carbocycles. The molecular weight excluding hydrogens is 224 g/mol. The average molecular weight is 250 g/mol. The fourth-order valence-corrected chi connectivity index (χ4v) is 1.88. The van der Waals surface area contributed by atoms with Crippen LogP contribution >= 0.6 is 0 Å². The first-order valence-electron chi connectivity index (χ1n) is 6.68. The van der Waals surface area contributed by atoms with Crippen LogP contribution in [0.2, 0.25) is 0 Å². The first-order chi connectivity index (χ1) is 8.57. The van der Waals surface area contributed by atoms with Gasteiger partial charge in [-0.1, -0.05) is 19.1 Å². The molecule has 0 aromatic heterocycles. The van der Waals surface area contributed by atoms with Crippen molar-refractivity contribution in [2.24, 2.45) is 5.73 Å². The molecule has 0 heterocycles. The van der Waals surface area contributed by atoms with Gasteiger partial charge in [0.1, 0.15) is 0 Å². The topological polar surface area (TPSA) is 38.5 Å². The number of ether oxygens (including phenoxy) is 1. The maximum absolute atomic E-state index is 5.92. The van der Waals surface area contributed by atoms with Gasteiger partial charge in [-0.25, -0.2) is 0 Å². The predicted octanol–water partition coefficient (Wildman–Crippen LogP) is 2.44. The largest absolute Gasteiger partial charge is 0.379 e. The third-order valence-electron chi connectivity index (χ3n) is 3.60. The number of nitrogens with zero attached hydrogens (tertiary/aromatic N) is 1. The normalized spacial score (nSPS) is 14.3. The van der Waals surface area contributed by atoms with Gasteiger partial charge in [0.25, 0.3) is 0 Å². The molecule has 18 heavy (non-hydrogen) atoms. The fourth-order valence-electron chi connectivity index (χ4n) is 1.88. The first kappa shape index (κ1) is 15.0. The third-order valence-corrected chi connectivity index (χ3v) is 3.60. The molecule has 0 aliphatic heterocycles. The summed E-state index contributed by atoms with van der Waals surface area (Å²) in [5, 5.41) is 0. The van der Waals surface area contributed by atoms with Crippen molar-refractivity contribution in [2.75, 3.05) is 31.7 Å². The zero-order chi connectivity index (χ0) is 13.6. The first-order valence-corrected chi connectivity index (χ1v) is 6.68. The van der Waals surface area contributed by atoms with Gasteiger partial charge in [0.15, 0.2) is 0 Å². The maximum Gasteiger partial charge on any atom is 0.0725 e. The van der Waals surface area contributed by atoms with E-state index in [0.29, 0.717) is 13.2 Å². The van der Waals surface area contributed by atoms with Crippen molar-refractivity contribution in [3.63, 3.8) is 0 Å². The molecule has 1 aromatic carbocycles. The molecule has 0 bridgehead atoms. The lowest BCUT2D eigenvalue weighted by molar-refractivity contribution is 0.102. The van der Waals surface area contributed by atoms with Crippen LogP contribution in [0.1, 0.15) is 26.3 Å². The van der Waals surface area contributed by atoms with Gasteiger partial charge in [-0.3, -0.25) is 0 Å². The number of aryl methyl sites for hydroxylation is 1. The van der Waals surface area contributed by atoms with Crippen LogP contribution in [0.15, 0.2) is 24.3 Å². The highest BCUT2D eigenvalue weighted by Crippen LogP contribution is 2.22. The van der Waals surface area contributed by atoms with Gasteiger partial charge >= 0.3 is 0 Å². The molecule has 0 aliphatic rings. The Hall–Kier alpha value is -1.06. The van der Waals surface area contributed by atoms with Crippen LogP contribution < -0.4 is 10.6 Å². The number of benzene rings is 1. The molecule has 0 aliphatic carbocycles. The molecule has 0 spiro atoms. The summed E-state index contributed by atoms with van der Waals surface area (Å²) in [6, 6.07) is 8.64. The molecule has 0 fully saturated rings. The Labute approximate surface area is 111 Å². The lowest BCUT2D eigenvalue weighted by Crippen LogP contribution is -2.53. The number of hydrogen-bond acceptors (Lipinski definition) is 3. The van der Waals surface area contributed by atoms with E-state index in [1.54, 1.807) is 0 Å². The third kappa shape index (κ3) is 3.47. The highest BCUT2D eigenvalue weighted by molar-refractivity contribution is 5.49. The molecule has 1 aromatic rings. The summed E-state index contributed by atoms with van der Waals surface area (Å²) in [6.45, 7) is 8.24.